The van der Waals surface area contributed by atoms with Gasteiger partial charge in [0.05, 0.1) is 19.0 Å². The minimum absolute atomic E-state index is 0.121. The number of hydrogen-bond acceptors (Lipinski definition) is 4. The highest BCUT2D eigenvalue weighted by Gasteiger charge is 2.15. The minimum Gasteiger partial charge on any atom is -0.394 e. The highest BCUT2D eigenvalue weighted by atomic mass is 16.3. The van der Waals surface area contributed by atoms with Gasteiger partial charge in [0.1, 0.15) is 5.69 Å². The highest BCUT2D eigenvalue weighted by molar-refractivity contribution is 5.92. The zero-order valence-electron chi connectivity index (χ0n) is 11.8. The maximum Gasteiger partial charge on any atom is 0.271 e. The number of nitrogens with zero attached hydrogens (tertiary/aromatic N) is 2. The maximum atomic E-state index is 12.1. The third-order valence-electron chi connectivity index (χ3n) is 3.13. The molecule has 1 aromatic heterocycles. The minimum atomic E-state index is -0.334. The summed E-state index contributed by atoms with van der Waals surface area (Å²) in [5.41, 5.74) is 6.84. The molecule has 0 fully saturated rings. The number of carbonyl (C=O) groups is 1. The van der Waals surface area contributed by atoms with Crippen LogP contribution >= 0.6 is 0 Å². The molecule has 0 aliphatic rings. The molecule has 0 unspecified atom stereocenters. The van der Waals surface area contributed by atoms with Gasteiger partial charge < -0.3 is 20.7 Å². The first-order chi connectivity index (χ1) is 10.2. The van der Waals surface area contributed by atoms with E-state index in [1.807, 2.05) is 30.3 Å². The van der Waals surface area contributed by atoms with Crippen molar-refractivity contribution in [1.82, 2.24) is 14.9 Å². The molecule has 1 aromatic carbocycles. The predicted octanol–water partition coefficient (Wildman–Crippen LogP) is 0.175. The Labute approximate surface area is 123 Å². The van der Waals surface area contributed by atoms with Crippen LogP contribution in [0, 0.1) is 0 Å². The molecular formula is C15H20N4O2. The van der Waals surface area contributed by atoms with Crippen LogP contribution in [-0.4, -0.2) is 39.8 Å². The van der Waals surface area contributed by atoms with E-state index >= 15 is 0 Å². The number of nitrogens with one attached hydrogen (secondary N) is 1. The van der Waals surface area contributed by atoms with Gasteiger partial charge in [0.25, 0.3) is 5.91 Å². The molecular weight excluding hydrogens is 268 g/mol. The molecule has 112 valence electrons. The zero-order valence-corrected chi connectivity index (χ0v) is 11.8. The van der Waals surface area contributed by atoms with Crippen LogP contribution in [0.1, 0.15) is 16.1 Å². The van der Waals surface area contributed by atoms with Crippen molar-refractivity contribution in [3.05, 3.63) is 54.1 Å². The number of aromatic nitrogens is 2. The highest BCUT2D eigenvalue weighted by Crippen LogP contribution is 2.04. The monoisotopic (exact) mass is 288 g/mol. The normalized spacial score (nSPS) is 12.1. The lowest BCUT2D eigenvalue weighted by atomic mass is 10.1. The quantitative estimate of drug-likeness (QED) is 0.677. The van der Waals surface area contributed by atoms with Crippen molar-refractivity contribution in [3.8, 4) is 0 Å². The van der Waals surface area contributed by atoms with Gasteiger partial charge in [0.2, 0.25) is 0 Å². The van der Waals surface area contributed by atoms with Crippen molar-refractivity contribution in [2.24, 2.45) is 5.73 Å². The summed E-state index contributed by atoms with van der Waals surface area (Å²) in [6.45, 7) is 0.989. The molecule has 21 heavy (non-hydrogen) atoms. The molecule has 6 nitrogen and oxygen atoms in total. The fraction of sp³-hybridized carbons (Fsp3) is 0.333. The Balaban J connectivity index is 1.95. The van der Waals surface area contributed by atoms with E-state index in [4.69, 9.17) is 5.73 Å². The van der Waals surface area contributed by atoms with E-state index in [1.165, 1.54) is 0 Å². The first kappa shape index (κ1) is 15.2. The lowest BCUT2D eigenvalue weighted by Crippen LogP contribution is -2.39. The van der Waals surface area contributed by atoms with Gasteiger partial charge in [-0.15, -0.1) is 0 Å². The SMILES string of the molecule is NCCn1cnc(C(=O)N[C@@H](CO)Cc2ccccc2)c1. The molecule has 0 aliphatic heterocycles. The van der Waals surface area contributed by atoms with Gasteiger partial charge in [-0.2, -0.15) is 0 Å². The summed E-state index contributed by atoms with van der Waals surface area (Å²) in [6, 6.07) is 9.38. The first-order valence-electron chi connectivity index (χ1n) is 6.90. The van der Waals surface area contributed by atoms with Crippen LogP contribution in [0.3, 0.4) is 0 Å². The summed E-state index contributed by atoms with van der Waals surface area (Å²) in [6.07, 6.45) is 3.80. The van der Waals surface area contributed by atoms with Gasteiger partial charge in [-0.3, -0.25) is 4.79 Å². The second-order valence-electron chi connectivity index (χ2n) is 4.83. The standard InChI is InChI=1S/C15H20N4O2/c16-6-7-19-9-14(17-11-19)15(21)18-13(10-20)8-12-4-2-1-3-5-12/h1-5,9,11,13,20H,6-8,10,16H2,(H,18,21)/t13-/m1/s1. The fourth-order valence-electron chi connectivity index (χ4n) is 2.07. The van der Waals surface area contributed by atoms with Crippen molar-refractivity contribution < 1.29 is 9.90 Å². The van der Waals surface area contributed by atoms with E-state index in [-0.39, 0.29) is 18.6 Å². The number of aliphatic hydroxyl groups excluding tert-OH is 1. The Bertz CT molecular complexity index is 568. The topological polar surface area (TPSA) is 93.2 Å². The average Bonchev–Trinajstić information content (AvgIpc) is 2.97. The molecule has 1 heterocycles. The molecule has 0 bridgehead atoms. The van der Waals surface area contributed by atoms with Crippen molar-refractivity contribution in [2.75, 3.05) is 13.2 Å². The summed E-state index contributed by atoms with van der Waals surface area (Å²) in [5, 5.41) is 12.2. The number of amides is 1. The lowest BCUT2D eigenvalue weighted by Gasteiger charge is -2.15. The second kappa shape index (κ2) is 7.56. The molecule has 6 heteroatoms. The number of benzene rings is 1. The zero-order chi connectivity index (χ0) is 15.1. The number of hydrogen-bond donors (Lipinski definition) is 3. The largest absolute Gasteiger partial charge is 0.394 e. The van der Waals surface area contributed by atoms with E-state index in [1.54, 1.807) is 17.1 Å². The number of rotatable bonds is 7. The Morgan fingerprint density at radius 1 is 1.38 bits per heavy atom. The van der Waals surface area contributed by atoms with Gasteiger partial charge in [0.15, 0.2) is 0 Å². The molecule has 4 N–H and O–H groups in total. The van der Waals surface area contributed by atoms with Crippen LogP contribution in [0.5, 0.6) is 0 Å². The summed E-state index contributed by atoms with van der Waals surface area (Å²) < 4.78 is 1.76. The van der Waals surface area contributed by atoms with E-state index in [0.717, 1.165) is 5.56 Å². The van der Waals surface area contributed by atoms with E-state index in [2.05, 4.69) is 10.3 Å². The number of carbonyl (C=O) groups excluding carboxylic acids is 1. The van der Waals surface area contributed by atoms with Crippen LogP contribution in [0.25, 0.3) is 0 Å². The van der Waals surface area contributed by atoms with Crippen LogP contribution in [-0.2, 0) is 13.0 Å². The van der Waals surface area contributed by atoms with E-state index in [0.29, 0.717) is 25.2 Å². The summed E-state index contributed by atoms with van der Waals surface area (Å²) >= 11 is 0. The molecule has 0 saturated heterocycles. The van der Waals surface area contributed by atoms with Gasteiger partial charge in [-0.05, 0) is 12.0 Å². The Morgan fingerprint density at radius 2 is 2.14 bits per heavy atom. The Kier molecular flexibility index (Phi) is 5.48. The van der Waals surface area contributed by atoms with Crippen molar-refractivity contribution >= 4 is 5.91 Å². The molecule has 0 radical (unpaired) electrons. The second-order valence-corrected chi connectivity index (χ2v) is 4.83. The molecule has 0 aliphatic carbocycles. The molecule has 0 saturated carbocycles. The summed E-state index contributed by atoms with van der Waals surface area (Å²) in [4.78, 5) is 16.1. The molecule has 0 spiro atoms. The molecule has 2 aromatic rings. The van der Waals surface area contributed by atoms with Gasteiger partial charge in [-0.25, -0.2) is 4.98 Å². The van der Waals surface area contributed by atoms with Gasteiger partial charge >= 0.3 is 0 Å². The number of aliphatic hydroxyl groups is 1. The first-order valence-corrected chi connectivity index (χ1v) is 6.90. The van der Waals surface area contributed by atoms with Gasteiger partial charge in [-0.1, -0.05) is 30.3 Å². The molecule has 1 amide bonds. The van der Waals surface area contributed by atoms with Crippen LogP contribution < -0.4 is 11.1 Å². The average molecular weight is 288 g/mol. The number of nitrogens with two attached hydrogens (primary N) is 1. The van der Waals surface area contributed by atoms with Crippen LogP contribution in [0.15, 0.2) is 42.9 Å². The third-order valence-corrected chi connectivity index (χ3v) is 3.13. The smallest absolute Gasteiger partial charge is 0.271 e. The Morgan fingerprint density at radius 3 is 2.81 bits per heavy atom. The van der Waals surface area contributed by atoms with Crippen LogP contribution in [0.2, 0.25) is 0 Å². The van der Waals surface area contributed by atoms with Crippen molar-refractivity contribution in [3.63, 3.8) is 0 Å². The fourth-order valence-corrected chi connectivity index (χ4v) is 2.07. The predicted molar refractivity (Wildman–Crippen MR) is 79.8 cm³/mol. The van der Waals surface area contributed by atoms with E-state index < -0.39 is 0 Å². The summed E-state index contributed by atoms with van der Waals surface area (Å²) in [7, 11) is 0. The lowest BCUT2D eigenvalue weighted by molar-refractivity contribution is 0.0912. The summed E-state index contributed by atoms with van der Waals surface area (Å²) in [5.74, 6) is -0.291. The Hall–Kier alpha value is -2.18. The van der Waals surface area contributed by atoms with Crippen molar-refractivity contribution in [1.29, 1.82) is 0 Å². The molecule has 2 rings (SSSR count). The maximum absolute atomic E-state index is 12.1. The van der Waals surface area contributed by atoms with Crippen LogP contribution in [0.4, 0.5) is 0 Å². The third kappa shape index (κ3) is 4.40. The molecule has 1 atom stereocenters. The van der Waals surface area contributed by atoms with Gasteiger partial charge in [0, 0.05) is 19.3 Å². The van der Waals surface area contributed by atoms with E-state index in [9.17, 15) is 9.90 Å². The van der Waals surface area contributed by atoms with Crippen molar-refractivity contribution in [2.45, 2.75) is 19.0 Å². The number of imidazole rings is 1.